The Morgan fingerprint density at radius 3 is 2.79 bits per heavy atom. The number of carbonyl (C=O) groups excluding carboxylic acids is 1. The van der Waals surface area contributed by atoms with Gasteiger partial charge in [0.25, 0.3) is 0 Å². The predicted octanol–water partition coefficient (Wildman–Crippen LogP) is 3.31. The molecule has 0 aromatic heterocycles. The summed E-state index contributed by atoms with van der Waals surface area (Å²) in [5.41, 5.74) is 2.04. The normalized spacial score (nSPS) is 16.6. The van der Waals surface area contributed by atoms with Crippen molar-refractivity contribution in [3.63, 3.8) is 0 Å². The Balaban J connectivity index is 2.24. The molecular formula is C12H13NO. The minimum atomic E-state index is 0.678. The summed E-state index contributed by atoms with van der Waals surface area (Å²) in [4.78, 5) is 13.7. The summed E-state index contributed by atoms with van der Waals surface area (Å²) in [5, 5.41) is 0. The van der Waals surface area contributed by atoms with Crippen molar-refractivity contribution in [3.05, 3.63) is 29.8 Å². The van der Waals surface area contributed by atoms with Crippen LogP contribution in [-0.4, -0.2) is 6.08 Å². The summed E-state index contributed by atoms with van der Waals surface area (Å²) in [5.74, 6) is 0.678. The number of nitrogens with zero attached hydrogens (tertiary/aromatic N) is 1. The molecule has 1 saturated carbocycles. The van der Waals surface area contributed by atoms with E-state index in [2.05, 4.69) is 11.1 Å². The van der Waals surface area contributed by atoms with E-state index in [0.717, 1.165) is 5.69 Å². The Hall–Kier alpha value is -1.40. The fraction of sp³-hybridized carbons (Fsp3) is 0.417. The van der Waals surface area contributed by atoms with Gasteiger partial charge in [-0.25, -0.2) is 4.79 Å². The zero-order valence-corrected chi connectivity index (χ0v) is 8.07. The van der Waals surface area contributed by atoms with E-state index in [-0.39, 0.29) is 0 Å². The highest BCUT2D eigenvalue weighted by Gasteiger charge is 2.16. The van der Waals surface area contributed by atoms with Gasteiger partial charge >= 0.3 is 0 Å². The molecule has 1 fully saturated rings. The molecule has 0 heterocycles. The molecule has 0 bridgehead atoms. The second kappa shape index (κ2) is 4.21. The zero-order valence-electron chi connectivity index (χ0n) is 8.07. The van der Waals surface area contributed by atoms with Crippen LogP contribution in [0.5, 0.6) is 0 Å². The number of benzene rings is 1. The van der Waals surface area contributed by atoms with Crippen LogP contribution in [0.3, 0.4) is 0 Å². The van der Waals surface area contributed by atoms with E-state index in [1.165, 1.54) is 31.2 Å². The lowest BCUT2D eigenvalue weighted by Gasteiger charge is -2.08. The second-order valence-corrected chi connectivity index (χ2v) is 3.78. The number of rotatable bonds is 2. The van der Waals surface area contributed by atoms with Crippen molar-refractivity contribution in [2.45, 2.75) is 31.6 Å². The van der Waals surface area contributed by atoms with Crippen LogP contribution in [0.15, 0.2) is 29.3 Å². The van der Waals surface area contributed by atoms with Crippen LogP contribution < -0.4 is 0 Å². The lowest BCUT2D eigenvalue weighted by molar-refractivity contribution is 0.565. The second-order valence-electron chi connectivity index (χ2n) is 3.78. The maximum atomic E-state index is 10.1. The van der Waals surface area contributed by atoms with Crippen molar-refractivity contribution < 1.29 is 4.79 Å². The summed E-state index contributed by atoms with van der Waals surface area (Å²) < 4.78 is 0. The number of hydrogen-bond acceptors (Lipinski definition) is 2. The van der Waals surface area contributed by atoms with Gasteiger partial charge in [-0.3, -0.25) is 0 Å². The smallest absolute Gasteiger partial charge is 0.211 e. The lowest BCUT2D eigenvalue weighted by Crippen LogP contribution is -1.90. The van der Waals surface area contributed by atoms with Crippen molar-refractivity contribution >= 4 is 11.8 Å². The third-order valence-electron chi connectivity index (χ3n) is 2.87. The summed E-state index contributed by atoms with van der Waals surface area (Å²) in [6, 6.07) is 7.92. The van der Waals surface area contributed by atoms with Gasteiger partial charge in [-0.1, -0.05) is 25.0 Å². The summed E-state index contributed by atoms with van der Waals surface area (Å²) in [6.07, 6.45) is 6.77. The van der Waals surface area contributed by atoms with Crippen molar-refractivity contribution in [2.75, 3.05) is 0 Å². The SMILES string of the molecule is O=C=Nc1cccc(C2CCCC2)c1. The molecule has 0 spiro atoms. The van der Waals surface area contributed by atoms with Gasteiger partial charge in [0.15, 0.2) is 0 Å². The van der Waals surface area contributed by atoms with Crippen LogP contribution in [0.25, 0.3) is 0 Å². The maximum absolute atomic E-state index is 10.1. The van der Waals surface area contributed by atoms with Crippen molar-refractivity contribution in [3.8, 4) is 0 Å². The fourth-order valence-corrected chi connectivity index (χ4v) is 2.16. The standard InChI is InChI=1S/C12H13NO/c14-9-13-12-7-3-6-11(8-12)10-4-1-2-5-10/h3,6-8,10H,1-2,4-5H2. The Morgan fingerprint density at radius 1 is 1.29 bits per heavy atom. The van der Waals surface area contributed by atoms with E-state index in [1.54, 1.807) is 6.08 Å². The van der Waals surface area contributed by atoms with E-state index in [1.807, 2.05) is 18.2 Å². The average molecular weight is 187 g/mol. The van der Waals surface area contributed by atoms with Gasteiger partial charge in [0, 0.05) is 0 Å². The molecule has 0 amide bonds. The van der Waals surface area contributed by atoms with Crippen LogP contribution in [0, 0.1) is 0 Å². The van der Waals surface area contributed by atoms with Gasteiger partial charge in [-0.05, 0) is 36.5 Å². The first kappa shape index (κ1) is 9.17. The van der Waals surface area contributed by atoms with Gasteiger partial charge in [-0.15, -0.1) is 0 Å². The van der Waals surface area contributed by atoms with Crippen LogP contribution in [0.1, 0.15) is 37.2 Å². The molecule has 1 aromatic rings. The molecule has 1 aromatic carbocycles. The molecule has 0 atom stereocenters. The van der Waals surface area contributed by atoms with Crippen molar-refractivity contribution in [1.82, 2.24) is 0 Å². The first-order valence-electron chi connectivity index (χ1n) is 5.08. The Morgan fingerprint density at radius 2 is 2.07 bits per heavy atom. The molecule has 2 heteroatoms. The van der Waals surface area contributed by atoms with Gasteiger partial charge < -0.3 is 0 Å². The summed E-state index contributed by atoms with van der Waals surface area (Å²) >= 11 is 0. The monoisotopic (exact) mass is 187 g/mol. The summed E-state index contributed by atoms with van der Waals surface area (Å²) in [6.45, 7) is 0. The van der Waals surface area contributed by atoms with Gasteiger partial charge in [0.1, 0.15) is 0 Å². The first-order valence-corrected chi connectivity index (χ1v) is 5.08. The Kier molecular flexibility index (Phi) is 2.76. The molecule has 2 rings (SSSR count). The number of isocyanates is 1. The molecule has 0 unspecified atom stereocenters. The lowest BCUT2D eigenvalue weighted by atomic mass is 9.97. The highest BCUT2D eigenvalue weighted by molar-refractivity contribution is 5.50. The number of aliphatic imine (C=N–C) groups is 1. The van der Waals surface area contributed by atoms with E-state index in [9.17, 15) is 4.79 Å². The van der Waals surface area contributed by atoms with Crippen molar-refractivity contribution in [2.24, 2.45) is 4.99 Å². The van der Waals surface area contributed by atoms with E-state index >= 15 is 0 Å². The molecule has 0 saturated heterocycles. The molecule has 14 heavy (non-hydrogen) atoms. The maximum Gasteiger partial charge on any atom is 0.240 e. The largest absolute Gasteiger partial charge is 0.240 e. The molecule has 72 valence electrons. The van der Waals surface area contributed by atoms with E-state index in [4.69, 9.17) is 0 Å². The fourth-order valence-electron chi connectivity index (χ4n) is 2.16. The average Bonchev–Trinajstić information content (AvgIpc) is 2.71. The molecule has 1 aliphatic rings. The highest BCUT2D eigenvalue weighted by atomic mass is 16.1. The Labute approximate surface area is 83.7 Å². The molecule has 0 N–H and O–H groups in total. The van der Waals surface area contributed by atoms with Crippen molar-refractivity contribution in [1.29, 1.82) is 0 Å². The third kappa shape index (κ3) is 1.91. The molecular weight excluding hydrogens is 174 g/mol. The first-order chi connectivity index (χ1) is 6.90. The van der Waals surface area contributed by atoms with Crippen LogP contribution >= 0.6 is 0 Å². The van der Waals surface area contributed by atoms with Gasteiger partial charge in [0.2, 0.25) is 6.08 Å². The number of hydrogen-bond donors (Lipinski definition) is 0. The third-order valence-corrected chi connectivity index (χ3v) is 2.87. The topological polar surface area (TPSA) is 29.4 Å². The van der Waals surface area contributed by atoms with E-state index < -0.39 is 0 Å². The molecule has 2 nitrogen and oxygen atoms in total. The molecule has 0 radical (unpaired) electrons. The van der Waals surface area contributed by atoms with Gasteiger partial charge in [-0.2, -0.15) is 4.99 Å². The van der Waals surface area contributed by atoms with Gasteiger partial charge in [0.05, 0.1) is 5.69 Å². The molecule has 1 aliphatic carbocycles. The Bertz CT molecular complexity index is 360. The van der Waals surface area contributed by atoms with Crippen LogP contribution in [0.4, 0.5) is 5.69 Å². The molecule has 0 aliphatic heterocycles. The van der Waals surface area contributed by atoms with E-state index in [0.29, 0.717) is 5.92 Å². The summed E-state index contributed by atoms with van der Waals surface area (Å²) in [7, 11) is 0. The van der Waals surface area contributed by atoms with Crippen LogP contribution in [-0.2, 0) is 4.79 Å². The minimum Gasteiger partial charge on any atom is -0.211 e. The zero-order chi connectivity index (χ0) is 9.80. The highest BCUT2D eigenvalue weighted by Crippen LogP contribution is 2.35. The predicted molar refractivity (Wildman–Crippen MR) is 55.4 cm³/mol. The quantitative estimate of drug-likeness (QED) is 0.516. The minimum absolute atomic E-state index is 0.678. The van der Waals surface area contributed by atoms with Crippen LogP contribution in [0.2, 0.25) is 0 Å².